The number of ether oxygens (including phenoxy) is 1. The van der Waals surface area contributed by atoms with Crippen LogP contribution in [0, 0.1) is 11.8 Å². The first-order chi connectivity index (χ1) is 9.78. The predicted molar refractivity (Wildman–Crippen MR) is 77.8 cm³/mol. The van der Waals surface area contributed by atoms with Gasteiger partial charge in [0.1, 0.15) is 0 Å². The lowest BCUT2D eigenvalue weighted by atomic mass is 10.1. The number of nitrogens with two attached hydrogens (primary N) is 1. The van der Waals surface area contributed by atoms with Gasteiger partial charge in [-0.2, -0.15) is 0 Å². The van der Waals surface area contributed by atoms with Crippen LogP contribution >= 0.6 is 0 Å². The number of amides is 1. The van der Waals surface area contributed by atoms with Gasteiger partial charge < -0.3 is 15.8 Å². The van der Waals surface area contributed by atoms with Crippen LogP contribution in [-0.2, 0) is 16.1 Å². The second-order valence-corrected chi connectivity index (χ2v) is 4.82. The Morgan fingerprint density at radius 1 is 1.40 bits per heavy atom. The maximum Gasteiger partial charge on any atom is 0.222 e. The molecular formula is C16H20N2O2. The summed E-state index contributed by atoms with van der Waals surface area (Å²) in [6.45, 7) is 1.68. The van der Waals surface area contributed by atoms with Crippen LogP contribution in [0.1, 0.15) is 30.4 Å². The largest absolute Gasteiger partial charge is 0.378 e. The topological polar surface area (TPSA) is 64.3 Å². The minimum absolute atomic E-state index is 0.0453. The zero-order chi connectivity index (χ0) is 14.2. The van der Waals surface area contributed by atoms with Crippen molar-refractivity contribution in [2.24, 2.45) is 5.73 Å². The molecule has 4 nitrogen and oxygen atoms in total. The van der Waals surface area contributed by atoms with E-state index in [-0.39, 0.29) is 12.0 Å². The molecule has 1 heterocycles. The summed E-state index contributed by atoms with van der Waals surface area (Å²) in [4.78, 5) is 11.8. The van der Waals surface area contributed by atoms with Crippen molar-refractivity contribution < 1.29 is 9.53 Å². The Bertz CT molecular complexity index is 493. The summed E-state index contributed by atoms with van der Waals surface area (Å²) in [5.74, 6) is 5.82. The van der Waals surface area contributed by atoms with E-state index in [1.165, 1.54) is 0 Å². The van der Waals surface area contributed by atoms with Crippen molar-refractivity contribution in [3.63, 3.8) is 0 Å². The van der Waals surface area contributed by atoms with E-state index in [0.717, 1.165) is 30.6 Å². The van der Waals surface area contributed by atoms with E-state index in [1.54, 1.807) is 0 Å². The van der Waals surface area contributed by atoms with Gasteiger partial charge in [-0.1, -0.05) is 24.0 Å². The lowest BCUT2D eigenvalue weighted by Crippen LogP contribution is -2.26. The zero-order valence-electron chi connectivity index (χ0n) is 11.5. The molecule has 20 heavy (non-hydrogen) atoms. The van der Waals surface area contributed by atoms with Gasteiger partial charge in [0, 0.05) is 18.7 Å². The van der Waals surface area contributed by atoms with E-state index < -0.39 is 0 Å². The highest BCUT2D eigenvalue weighted by Gasteiger charge is 2.18. The third-order valence-electron chi connectivity index (χ3n) is 3.22. The Kier molecular flexibility index (Phi) is 5.60. The van der Waals surface area contributed by atoms with Crippen molar-refractivity contribution in [3.8, 4) is 11.8 Å². The van der Waals surface area contributed by atoms with E-state index in [0.29, 0.717) is 19.5 Å². The molecule has 1 aromatic rings. The molecule has 1 aliphatic rings. The third-order valence-corrected chi connectivity index (χ3v) is 3.22. The Morgan fingerprint density at radius 2 is 2.20 bits per heavy atom. The molecular weight excluding hydrogens is 252 g/mol. The van der Waals surface area contributed by atoms with Gasteiger partial charge in [0.25, 0.3) is 0 Å². The first-order valence-electron chi connectivity index (χ1n) is 6.94. The molecule has 2 rings (SSSR count). The van der Waals surface area contributed by atoms with Gasteiger partial charge in [-0.15, -0.1) is 0 Å². The molecule has 1 saturated heterocycles. The normalized spacial score (nSPS) is 17.4. The van der Waals surface area contributed by atoms with Gasteiger partial charge >= 0.3 is 0 Å². The van der Waals surface area contributed by atoms with Crippen LogP contribution in [-0.4, -0.2) is 25.2 Å². The Labute approximate surface area is 119 Å². The monoisotopic (exact) mass is 272 g/mol. The van der Waals surface area contributed by atoms with Crippen LogP contribution in [0.2, 0.25) is 0 Å². The molecule has 1 atom stereocenters. The van der Waals surface area contributed by atoms with Gasteiger partial charge in [-0.05, 0) is 30.5 Å². The van der Waals surface area contributed by atoms with Crippen molar-refractivity contribution >= 4 is 5.91 Å². The maximum absolute atomic E-state index is 11.8. The first kappa shape index (κ1) is 14.6. The van der Waals surface area contributed by atoms with Gasteiger partial charge in [-0.25, -0.2) is 0 Å². The van der Waals surface area contributed by atoms with Crippen LogP contribution in [0.3, 0.4) is 0 Å². The van der Waals surface area contributed by atoms with Gasteiger partial charge in [0.05, 0.1) is 19.1 Å². The molecule has 1 aliphatic heterocycles. The SMILES string of the molecule is NCC#Cc1ccc(CNC(=O)CC2CCCO2)cc1. The average Bonchev–Trinajstić information content (AvgIpc) is 2.97. The lowest BCUT2D eigenvalue weighted by Gasteiger charge is -2.09. The molecule has 0 bridgehead atoms. The van der Waals surface area contributed by atoms with E-state index in [1.807, 2.05) is 24.3 Å². The van der Waals surface area contributed by atoms with Crippen molar-refractivity contribution in [3.05, 3.63) is 35.4 Å². The number of rotatable bonds is 4. The summed E-state index contributed by atoms with van der Waals surface area (Å²) in [7, 11) is 0. The fraction of sp³-hybridized carbons (Fsp3) is 0.438. The summed E-state index contributed by atoms with van der Waals surface area (Å²) in [6.07, 6.45) is 2.61. The number of benzene rings is 1. The standard InChI is InChI=1S/C16H20N2O2/c17-9-1-3-13-5-7-14(8-6-13)12-18-16(19)11-15-4-2-10-20-15/h5-8,15H,2,4,9-12,17H2,(H,18,19). The Hall–Kier alpha value is -1.83. The van der Waals surface area contributed by atoms with Crippen LogP contribution in [0.4, 0.5) is 0 Å². The van der Waals surface area contributed by atoms with Crippen molar-refractivity contribution in [2.75, 3.05) is 13.2 Å². The molecule has 1 unspecified atom stereocenters. The Morgan fingerprint density at radius 3 is 2.85 bits per heavy atom. The fourth-order valence-corrected chi connectivity index (χ4v) is 2.14. The van der Waals surface area contributed by atoms with E-state index in [2.05, 4.69) is 17.2 Å². The molecule has 3 N–H and O–H groups in total. The maximum atomic E-state index is 11.8. The summed E-state index contributed by atoms with van der Waals surface area (Å²) >= 11 is 0. The van der Waals surface area contributed by atoms with E-state index in [9.17, 15) is 4.79 Å². The highest BCUT2D eigenvalue weighted by molar-refractivity contribution is 5.76. The van der Waals surface area contributed by atoms with Gasteiger partial charge in [0.2, 0.25) is 5.91 Å². The molecule has 1 fully saturated rings. The first-order valence-corrected chi connectivity index (χ1v) is 6.94. The van der Waals surface area contributed by atoms with Gasteiger partial charge in [0.15, 0.2) is 0 Å². The fourth-order valence-electron chi connectivity index (χ4n) is 2.14. The minimum atomic E-state index is 0.0453. The van der Waals surface area contributed by atoms with Crippen LogP contribution in [0.5, 0.6) is 0 Å². The van der Waals surface area contributed by atoms with Crippen molar-refractivity contribution in [1.29, 1.82) is 0 Å². The van der Waals surface area contributed by atoms with Gasteiger partial charge in [-0.3, -0.25) is 4.79 Å². The minimum Gasteiger partial charge on any atom is -0.378 e. The molecule has 0 aliphatic carbocycles. The molecule has 4 heteroatoms. The molecule has 0 saturated carbocycles. The average molecular weight is 272 g/mol. The van der Waals surface area contributed by atoms with Crippen LogP contribution in [0.15, 0.2) is 24.3 Å². The van der Waals surface area contributed by atoms with E-state index >= 15 is 0 Å². The number of hydrogen-bond donors (Lipinski definition) is 2. The predicted octanol–water partition coefficient (Wildman–Crippen LogP) is 1.18. The molecule has 0 spiro atoms. The number of nitrogens with one attached hydrogen (secondary N) is 1. The van der Waals surface area contributed by atoms with Crippen LogP contribution < -0.4 is 11.1 Å². The zero-order valence-corrected chi connectivity index (χ0v) is 11.5. The second-order valence-electron chi connectivity index (χ2n) is 4.82. The number of carbonyl (C=O) groups excluding carboxylic acids is 1. The number of carbonyl (C=O) groups is 1. The highest BCUT2D eigenvalue weighted by atomic mass is 16.5. The molecule has 106 valence electrons. The molecule has 1 aromatic carbocycles. The molecule has 0 radical (unpaired) electrons. The summed E-state index contributed by atoms with van der Waals surface area (Å²) in [6, 6.07) is 7.80. The lowest BCUT2D eigenvalue weighted by molar-refractivity contribution is -0.123. The van der Waals surface area contributed by atoms with E-state index in [4.69, 9.17) is 10.5 Å². The van der Waals surface area contributed by atoms with Crippen molar-refractivity contribution in [2.45, 2.75) is 31.9 Å². The second kappa shape index (κ2) is 7.68. The number of hydrogen-bond acceptors (Lipinski definition) is 3. The summed E-state index contributed by atoms with van der Waals surface area (Å²) < 4.78 is 5.44. The highest BCUT2D eigenvalue weighted by Crippen LogP contribution is 2.15. The summed E-state index contributed by atoms with van der Waals surface area (Å²) in [5, 5.41) is 2.91. The molecule has 0 aromatic heterocycles. The van der Waals surface area contributed by atoms with Crippen LogP contribution in [0.25, 0.3) is 0 Å². The molecule has 1 amide bonds. The van der Waals surface area contributed by atoms with Crippen molar-refractivity contribution in [1.82, 2.24) is 5.32 Å². The summed E-state index contributed by atoms with van der Waals surface area (Å²) in [5.41, 5.74) is 7.32. The smallest absolute Gasteiger partial charge is 0.222 e. The third kappa shape index (κ3) is 4.69. The quantitative estimate of drug-likeness (QED) is 0.809. The Balaban J connectivity index is 1.76.